The van der Waals surface area contributed by atoms with E-state index < -0.39 is 29.0 Å². The molecule has 0 aromatic heterocycles. The first-order valence-electron chi connectivity index (χ1n) is 9.87. The highest BCUT2D eigenvalue weighted by Crippen LogP contribution is 2.32. The fourth-order valence-corrected chi connectivity index (χ4v) is 3.54. The molecule has 0 fully saturated rings. The molecule has 0 N–H and O–H groups in total. The van der Waals surface area contributed by atoms with Gasteiger partial charge in [0.15, 0.2) is 11.6 Å². The molecule has 0 saturated heterocycles. The molecule has 0 aliphatic rings. The van der Waals surface area contributed by atoms with Crippen LogP contribution in [0.4, 0.5) is 13.2 Å². The minimum Gasteiger partial charge on any atom is -0.298 e. The molecule has 0 unspecified atom stereocenters. The van der Waals surface area contributed by atoms with E-state index in [4.69, 9.17) is 0 Å². The first-order valence-corrected chi connectivity index (χ1v) is 9.87. The minimum atomic E-state index is -0.694. The molecule has 0 atom stereocenters. The van der Waals surface area contributed by atoms with Gasteiger partial charge in [0.05, 0.1) is 0 Å². The summed E-state index contributed by atoms with van der Waals surface area (Å²) in [6.07, 6.45) is 0.540. The Kier molecular flexibility index (Phi) is 6.00. The predicted molar refractivity (Wildman–Crippen MR) is 117 cm³/mol. The highest BCUT2D eigenvalue weighted by Gasteiger charge is 2.25. The Morgan fingerprint density at radius 3 is 1.79 bits per heavy atom. The normalized spacial score (nSPS) is 10.6. The van der Waals surface area contributed by atoms with E-state index in [-0.39, 0.29) is 38.9 Å². The van der Waals surface area contributed by atoms with E-state index in [2.05, 4.69) is 0 Å². The third kappa shape index (κ3) is 4.36. The summed E-state index contributed by atoms with van der Waals surface area (Å²) in [5.74, 6) is -2.98. The SMILES string of the molecule is O=Cc1ccc(F)c(-c2cccc(C(=O)c3ccc(F)cc3)c2C(=O)c2ccc(F)cc2)c1. The topological polar surface area (TPSA) is 51.2 Å². The maximum absolute atomic E-state index is 14.8. The summed E-state index contributed by atoms with van der Waals surface area (Å²) < 4.78 is 41.6. The van der Waals surface area contributed by atoms with Crippen LogP contribution in [-0.4, -0.2) is 17.9 Å². The molecule has 0 amide bonds. The molecule has 6 heteroatoms. The van der Waals surface area contributed by atoms with Gasteiger partial charge in [-0.2, -0.15) is 0 Å². The molecule has 0 radical (unpaired) electrons. The number of benzene rings is 4. The van der Waals surface area contributed by atoms with Gasteiger partial charge in [0.1, 0.15) is 23.7 Å². The molecule has 3 nitrogen and oxygen atoms in total. The third-order valence-corrected chi connectivity index (χ3v) is 5.17. The van der Waals surface area contributed by atoms with Crippen LogP contribution in [0.25, 0.3) is 11.1 Å². The number of aldehydes is 1. The first kappa shape index (κ1) is 21.9. The molecule has 4 rings (SSSR count). The van der Waals surface area contributed by atoms with Crippen LogP contribution in [0.15, 0.2) is 84.9 Å². The molecule has 0 aliphatic heterocycles. The van der Waals surface area contributed by atoms with Crippen molar-refractivity contribution in [1.29, 1.82) is 0 Å². The van der Waals surface area contributed by atoms with Crippen molar-refractivity contribution in [3.63, 3.8) is 0 Å². The first-order chi connectivity index (χ1) is 15.9. The highest BCUT2D eigenvalue weighted by atomic mass is 19.1. The molecule has 4 aromatic rings. The van der Waals surface area contributed by atoms with E-state index in [1.807, 2.05) is 0 Å². The van der Waals surface area contributed by atoms with Crippen molar-refractivity contribution < 1.29 is 27.6 Å². The van der Waals surface area contributed by atoms with Gasteiger partial charge in [-0.05, 0) is 72.3 Å². The van der Waals surface area contributed by atoms with Crippen LogP contribution in [0, 0.1) is 17.5 Å². The number of hydrogen-bond donors (Lipinski definition) is 0. The summed E-state index contributed by atoms with van der Waals surface area (Å²) in [4.78, 5) is 38.0. The Hall–Kier alpha value is -4.32. The van der Waals surface area contributed by atoms with E-state index in [1.165, 1.54) is 54.6 Å². The summed E-state index contributed by atoms with van der Waals surface area (Å²) in [5, 5.41) is 0. The van der Waals surface area contributed by atoms with Crippen LogP contribution < -0.4 is 0 Å². The van der Waals surface area contributed by atoms with E-state index in [9.17, 15) is 27.6 Å². The second kappa shape index (κ2) is 9.04. The van der Waals surface area contributed by atoms with Crippen molar-refractivity contribution in [3.8, 4) is 11.1 Å². The lowest BCUT2D eigenvalue weighted by atomic mass is 9.86. The molecular weight excluding hydrogens is 429 g/mol. The summed E-state index contributed by atoms with van der Waals surface area (Å²) >= 11 is 0. The molecule has 0 bridgehead atoms. The lowest BCUT2D eigenvalue weighted by molar-refractivity contribution is 0.100. The fourth-order valence-electron chi connectivity index (χ4n) is 3.54. The van der Waals surface area contributed by atoms with Crippen molar-refractivity contribution in [2.24, 2.45) is 0 Å². The highest BCUT2D eigenvalue weighted by molar-refractivity contribution is 6.22. The van der Waals surface area contributed by atoms with Crippen LogP contribution in [0.5, 0.6) is 0 Å². The van der Waals surface area contributed by atoms with Gasteiger partial charge >= 0.3 is 0 Å². The van der Waals surface area contributed by atoms with Crippen LogP contribution in [-0.2, 0) is 0 Å². The van der Waals surface area contributed by atoms with Crippen molar-refractivity contribution in [2.45, 2.75) is 0 Å². The average Bonchev–Trinajstić information content (AvgIpc) is 2.84. The lowest BCUT2D eigenvalue weighted by Gasteiger charge is -2.15. The zero-order chi connectivity index (χ0) is 23.5. The number of ketones is 2. The summed E-state index contributed by atoms with van der Waals surface area (Å²) in [6, 6.07) is 17.6. The Labute approximate surface area is 187 Å². The molecule has 0 saturated carbocycles. The van der Waals surface area contributed by atoms with Gasteiger partial charge in [-0.1, -0.05) is 18.2 Å². The monoisotopic (exact) mass is 444 g/mol. The van der Waals surface area contributed by atoms with Crippen molar-refractivity contribution in [3.05, 3.63) is 130 Å². The number of carbonyl (C=O) groups excluding carboxylic acids is 3. The van der Waals surface area contributed by atoms with Crippen molar-refractivity contribution >= 4 is 17.9 Å². The lowest BCUT2D eigenvalue weighted by Crippen LogP contribution is -2.13. The van der Waals surface area contributed by atoms with Gasteiger partial charge in [-0.25, -0.2) is 13.2 Å². The summed E-state index contributed by atoms with van der Waals surface area (Å²) in [5.41, 5.74) is 0.302. The summed E-state index contributed by atoms with van der Waals surface area (Å²) in [6.45, 7) is 0. The zero-order valence-corrected chi connectivity index (χ0v) is 17.0. The van der Waals surface area contributed by atoms with Gasteiger partial charge in [-0.15, -0.1) is 0 Å². The van der Waals surface area contributed by atoms with Gasteiger partial charge in [0, 0.05) is 33.4 Å². The Morgan fingerprint density at radius 2 is 1.21 bits per heavy atom. The second-order valence-electron chi connectivity index (χ2n) is 7.26. The van der Waals surface area contributed by atoms with Crippen molar-refractivity contribution in [1.82, 2.24) is 0 Å². The Balaban J connectivity index is 1.97. The largest absolute Gasteiger partial charge is 0.298 e. The molecule has 0 heterocycles. The average molecular weight is 444 g/mol. The van der Waals surface area contributed by atoms with E-state index >= 15 is 0 Å². The standard InChI is InChI=1S/C27H15F3O3/c28-19-9-5-17(6-10-19)26(32)22-3-1-2-21(23-14-16(15-31)4-13-24(23)30)25(22)27(33)18-7-11-20(29)12-8-18/h1-15H. The Bertz CT molecular complexity index is 1380. The molecule has 0 spiro atoms. The smallest absolute Gasteiger partial charge is 0.194 e. The molecule has 33 heavy (non-hydrogen) atoms. The minimum absolute atomic E-state index is 0.0376. The number of hydrogen-bond acceptors (Lipinski definition) is 3. The van der Waals surface area contributed by atoms with E-state index in [1.54, 1.807) is 0 Å². The predicted octanol–water partition coefficient (Wildman–Crippen LogP) is 6.05. The second-order valence-corrected chi connectivity index (χ2v) is 7.26. The van der Waals surface area contributed by atoms with Crippen LogP contribution in [0.2, 0.25) is 0 Å². The van der Waals surface area contributed by atoms with Gasteiger partial charge in [0.2, 0.25) is 0 Å². The zero-order valence-electron chi connectivity index (χ0n) is 17.0. The molecule has 4 aromatic carbocycles. The van der Waals surface area contributed by atoms with Crippen LogP contribution in [0.3, 0.4) is 0 Å². The van der Waals surface area contributed by atoms with Crippen LogP contribution >= 0.6 is 0 Å². The number of rotatable bonds is 6. The fraction of sp³-hybridized carbons (Fsp3) is 0. The maximum Gasteiger partial charge on any atom is 0.194 e. The summed E-state index contributed by atoms with van der Waals surface area (Å²) in [7, 11) is 0. The number of halogens is 3. The molecule has 0 aliphatic carbocycles. The molecule has 162 valence electrons. The van der Waals surface area contributed by atoms with E-state index in [0.717, 1.165) is 30.3 Å². The molecular formula is C27H15F3O3. The van der Waals surface area contributed by atoms with Crippen molar-refractivity contribution in [2.75, 3.05) is 0 Å². The number of carbonyl (C=O) groups is 3. The Morgan fingerprint density at radius 1 is 0.636 bits per heavy atom. The van der Waals surface area contributed by atoms with Gasteiger partial charge < -0.3 is 0 Å². The quantitative estimate of drug-likeness (QED) is 0.269. The maximum atomic E-state index is 14.8. The van der Waals surface area contributed by atoms with Gasteiger partial charge in [0.25, 0.3) is 0 Å². The third-order valence-electron chi connectivity index (χ3n) is 5.17. The van der Waals surface area contributed by atoms with Crippen LogP contribution in [0.1, 0.15) is 42.2 Å². The van der Waals surface area contributed by atoms with Gasteiger partial charge in [-0.3, -0.25) is 14.4 Å². The van der Waals surface area contributed by atoms with E-state index in [0.29, 0.717) is 6.29 Å².